The van der Waals surface area contributed by atoms with Gasteiger partial charge in [-0.15, -0.1) is 0 Å². The van der Waals surface area contributed by atoms with Crippen molar-refractivity contribution in [2.45, 2.75) is 24.8 Å². The van der Waals surface area contributed by atoms with Crippen molar-refractivity contribution in [1.82, 2.24) is 15.4 Å². The number of benzene rings is 2. The van der Waals surface area contributed by atoms with Crippen molar-refractivity contribution >= 4 is 0 Å². The lowest BCUT2D eigenvalue weighted by Crippen LogP contribution is -2.44. The number of piperidine rings is 1. The normalized spacial score (nSPS) is 15.7. The summed E-state index contributed by atoms with van der Waals surface area (Å²) in [7, 11) is 3.23. The molecule has 2 heterocycles. The van der Waals surface area contributed by atoms with Crippen LogP contribution in [0, 0.1) is 11.3 Å². The maximum atomic E-state index is 9.86. The van der Waals surface area contributed by atoms with E-state index in [1.807, 2.05) is 42.5 Å². The predicted octanol–water partition coefficient (Wildman–Crippen LogP) is 4.01. The maximum absolute atomic E-state index is 9.86. The molecule has 3 aromatic rings. The number of nitrogens with zero attached hydrogens (tertiary/aromatic N) is 3. The molecule has 0 spiro atoms. The molecule has 0 aliphatic carbocycles. The number of ether oxygens (including phenoxy) is 2. The molecule has 1 aliphatic rings. The van der Waals surface area contributed by atoms with Crippen LogP contribution in [0.2, 0.25) is 0 Å². The third-order valence-corrected chi connectivity index (χ3v) is 6.39. The Hall–Kier alpha value is -3.34. The standard InChI is InChI=1S/C26H30N4O3/c1-31-24-10-6-9-22(25(24)32-2)23-17-21(33-29-23)18-28-13-16-30-14-11-26(19-27,12-15-30)20-7-4-3-5-8-20/h3-10,17,28H,11-16,18H2,1-2H3. The summed E-state index contributed by atoms with van der Waals surface area (Å²) in [5, 5.41) is 17.5. The molecule has 1 saturated heterocycles. The minimum atomic E-state index is -0.359. The first-order valence-corrected chi connectivity index (χ1v) is 11.3. The molecule has 0 radical (unpaired) electrons. The zero-order valence-corrected chi connectivity index (χ0v) is 19.2. The van der Waals surface area contributed by atoms with E-state index in [1.54, 1.807) is 14.2 Å². The molecule has 172 valence electrons. The minimum absolute atomic E-state index is 0.359. The van der Waals surface area contributed by atoms with E-state index in [1.165, 1.54) is 0 Å². The van der Waals surface area contributed by atoms with E-state index in [0.29, 0.717) is 23.7 Å². The Morgan fingerprint density at radius 3 is 2.58 bits per heavy atom. The van der Waals surface area contributed by atoms with Gasteiger partial charge in [-0.05, 0) is 30.5 Å². The highest BCUT2D eigenvalue weighted by Gasteiger charge is 2.36. The fourth-order valence-corrected chi connectivity index (χ4v) is 4.44. The second-order valence-corrected chi connectivity index (χ2v) is 8.30. The summed E-state index contributed by atoms with van der Waals surface area (Å²) in [5.74, 6) is 2.06. The Kier molecular flexibility index (Phi) is 7.28. The summed E-state index contributed by atoms with van der Waals surface area (Å²) in [6.07, 6.45) is 1.72. The van der Waals surface area contributed by atoms with Gasteiger partial charge in [0.1, 0.15) is 5.69 Å². The van der Waals surface area contributed by atoms with Crippen LogP contribution in [-0.2, 0) is 12.0 Å². The van der Waals surface area contributed by atoms with Crippen molar-refractivity contribution in [3.8, 4) is 28.8 Å². The van der Waals surface area contributed by atoms with Crippen molar-refractivity contribution in [3.63, 3.8) is 0 Å². The second kappa shape index (κ2) is 10.5. The Labute approximate surface area is 194 Å². The van der Waals surface area contributed by atoms with E-state index in [2.05, 4.69) is 33.6 Å². The average molecular weight is 447 g/mol. The molecule has 7 heteroatoms. The second-order valence-electron chi connectivity index (χ2n) is 8.30. The van der Waals surface area contributed by atoms with Crippen molar-refractivity contribution < 1.29 is 14.0 Å². The van der Waals surface area contributed by atoms with Crippen LogP contribution in [0.15, 0.2) is 59.1 Å². The molecule has 33 heavy (non-hydrogen) atoms. The number of likely N-dealkylation sites (tertiary alicyclic amines) is 1. The Morgan fingerprint density at radius 2 is 1.88 bits per heavy atom. The minimum Gasteiger partial charge on any atom is -0.493 e. The monoisotopic (exact) mass is 446 g/mol. The molecular formula is C26H30N4O3. The number of methoxy groups -OCH3 is 2. The number of rotatable bonds is 9. The van der Waals surface area contributed by atoms with Crippen molar-refractivity contribution in [2.75, 3.05) is 40.4 Å². The summed E-state index contributed by atoms with van der Waals surface area (Å²) in [6, 6.07) is 20.4. The van der Waals surface area contributed by atoms with Gasteiger partial charge in [-0.25, -0.2) is 0 Å². The van der Waals surface area contributed by atoms with Crippen LogP contribution in [0.4, 0.5) is 0 Å². The number of aromatic nitrogens is 1. The molecule has 0 saturated carbocycles. The van der Waals surface area contributed by atoms with Crippen LogP contribution in [-0.4, -0.2) is 50.5 Å². The average Bonchev–Trinajstić information content (AvgIpc) is 3.36. The third-order valence-electron chi connectivity index (χ3n) is 6.39. The number of hydrogen-bond donors (Lipinski definition) is 1. The Bertz CT molecular complexity index is 1080. The molecule has 2 aromatic carbocycles. The number of nitrogens with one attached hydrogen (secondary N) is 1. The zero-order chi connectivity index (χ0) is 23.1. The van der Waals surface area contributed by atoms with Gasteiger partial charge in [-0.3, -0.25) is 0 Å². The highest BCUT2D eigenvalue weighted by Crippen LogP contribution is 2.37. The maximum Gasteiger partial charge on any atom is 0.170 e. The van der Waals surface area contributed by atoms with E-state index < -0.39 is 0 Å². The first kappa shape index (κ1) is 22.8. The molecular weight excluding hydrogens is 416 g/mol. The molecule has 1 aliphatic heterocycles. The fraction of sp³-hybridized carbons (Fsp3) is 0.385. The molecule has 0 bridgehead atoms. The first-order chi connectivity index (χ1) is 16.2. The predicted molar refractivity (Wildman–Crippen MR) is 126 cm³/mol. The third kappa shape index (κ3) is 5.03. The summed E-state index contributed by atoms with van der Waals surface area (Å²) in [6.45, 7) is 4.21. The van der Waals surface area contributed by atoms with Crippen LogP contribution in [0.1, 0.15) is 24.2 Å². The zero-order valence-electron chi connectivity index (χ0n) is 19.2. The van der Waals surface area contributed by atoms with Gasteiger partial charge in [-0.2, -0.15) is 5.26 Å². The van der Waals surface area contributed by atoms with Gasteiger partial charge in [0.05, 0.1) is 32.2 Å². The molecule has 0 amide bonds. The highest BCUT2D eigenvalue weighted by molar-refractivity contribution is 5.71. The molecule has 4 rings (SSSR count). The van der Waals surface area contributed by atoms with E-state index in [0.717, 1.165) is 55.9 Å². The topological polar surface area (TPSA) is 83.5 Å². The summed E-state index contributed by atoms with van der Waals surface area (Å²) >= 11 is 0. The highest BCUT2D eigenvalue weighted by atomic mass is 16.5. The Morgan fingerprint density at radius 1 is 1.09 bits per heavy atom. The molecule has 1 aromatic heterocycles. The molecule has 7 nitrogen and oxygen atoms in total. The SMILES string of the molecule is COc1cccc(-c2cc(CNCCN3CCC(C#N)(c4ccccc4)CC3)on2)c1OC. The summed E-state index contributed by atoms with van der Waals surface area (Å²) < 4.78 is 16.4. The lowest BCUT2D eigenvalue weighted by molar-refractivity contribution is 0.186. The van der Waals surface area contributed by atoms with Crippen molar-refractivity contribution in [2.24, 2.45) is 0 Å². The molecule has 1 N–H and O–H groups in total. The van der Waals surface area contributed by atoms with Crippen LogP contribution in [0.5, 0.6) is 11.5 Å². The lowest BCUT2D eigenvalue weighted by atomic mass is 9.74. The van der Waals surface area contributed by atoms with Gasteiger partial charge in [-0.1, -0.05) is 41.6 Å². The smallest absolute Gasteiger partial charge is 0.170 e. The first-order valence-electron chi connectivity index (χ1n) is 11.3. The lowest BCUT2D eigenvalue weighted by Gasteiger charge is -2.37. The van der Waals surface area contributed by atoms with Gasteiger partial charge >= 0.3 is 0 Å². The van der Waals surface area contributed by atoms with Gasteiger partial charge in [0.15, 0.2) is 17.3 Å². The largest absolute Gasteiger partial charge is 0.493 e. The molecule has 1 fully saturated rings. The molecule has 0 atom stereocenters. The van der Waals surface area contributed by atoms with Crippen LogP contribution >= 0.6 is 0 Å². The van der Waals surface area contributed by atoms with E-state index in [9.17, 15) is 5.26 Å². The quantitative estimate of drug-likeness (QED) is 0.497. The fourth-order valence-electron chi connectivity index (χ4n) is 4.44. The summed E-state index contributed by atoms with van der Waals surface area (Å²) in [4.78, 5) is 2.42. The van der Waals surface area contributed by atoms with E-state index in [4.69, 9.17) is 14.0 Å². The van der Waals surface area contributed by atoms with Crippen LogP contribution in [0.25, 0.3) is 11.3 Å². The molecule has 0 unspecified atom stereocenters. The Balaban J connectivity index is 1.26. The number of para-hydroxylation sites is 1. The van der Waals surface area contributed by atoms with Crippen molar-refractivity contribution in [3.05, 3.63) is 65.9 Å². The van der Waals surface area contributed by atoms with Crippen molar-refractivity contribution in [1.29, 1.82) is 5.26 Å². The van der Waals surface area contributed by atoms with E-state index >= 15 is 0 Å². The summed E-state index contributed by atoms with van der Waals surface area (Å²) in [5.41, 5.74) is 2.33. The van der Waals surface area contributed by atoms with Gasteiger partial charge in [0, 0.05) is 37.8 Å². The van der Waals surface area contributed by atoms with E-state index in [-0.39, 0.29) is 5.41 Å². The number of hydrogen-bond acceptors (Lipinski definition) is 7. The van der Waals surface area contributed by atoms with Crippen LogP contribution < -0.4 is 14.8 Å². The van der Waals surface area contributed by atoms with Crippen LogP contribution in [0.3, 0.4) is 0 Å². The number of nitriles is 1. The van der Waals surface area contributed by atoms with Gasteiger partial charge in [0.25, 0.3) is 0 Å². The van der Waals surface area contributed by atoms with Gasteiger partial charge in [0.2, 0.25) is 0 Å². The van der Waals surface area contributed by atoms with Gasteiger partial charge < -0.3 is 24.2 Å².